The van der Waals surface area contributed by atoms with Gasteiger partial charge in [-0.05, 0) is 18.2 Å². The lowest BCUT2D eigenvalue weighted by Gasteiger charge is -2.34. The molecule has 110 valence electrons. The second-order valence-electron chi connectivity index (χ2n) is 4.80. The largest absolute Gasteiger partial charge is 0.453 e. The molecular weight excluding hydrogens is 275 g/mol. The molecule has 1 aromatic carbocycles. The Morgan fingerprint density at radius 2 is 2.00 bits per heavy atom. The number of methoxy groups -OCH3 is 1. The Kier molecular flexibility index (Phi) is 3.55. The average molecular weight is 290 g/mol. The third-order valence-electron chi connectivity index (χ3n) is 3.59. The standard InChI is InChI=1S/C14H15FN4O2/c1-21-14(20)19-6-4-18(5-7-19)13-11-8-10(15)2-3-12(11)16-9-17-13/h2-3,8-9H,4-7H2,1H3. The molecule has 0 radical (unpaired) electrons. The minimum atomic E-state index is -0.326. The molecule has 0 bridgehead atoms. The van der Waals surface area contributed by atoms with E-state index < -0.39 is 0 Å². The van der Waals surface area contributed by atoms with Crippen molar-refractivity contribution in [3.63, 3.8) is 0 Å². The lowest BCUT2D eigenvalue weighted by molar-refractivity contribution is 0.121. The summed E-state index contributed by atoms with van der Waals surface area (Å²) in [6.07, 6.45) is 1.15. The number of anilines is 1. The Morgan fingerprint density at radius 1 is 1.24 bits per heavy atom. The van der Waals surface area contributed by atoms with Crippen molar-refractivity contribution in [1.29, 1.82) is 0 Å². The van der Waals surface area contributed by atoms with Gasteiger partial charge in [-0.25, -0.2) is 19.2 Å². The Hall–Kier alpha value is -2.44. The van der Waals surface area contributed by atoms with E-state index in [-0.39, 0.29) is 11.9 Å². The van der Waals surface area contributed by atoms with E-state index in [9.17, 15) is 9.18 Å². The number of benzene rings is 1. The number of rotatable bonds is 1. The molecule has 1 aromatic heterocycles. The highest BCUT2D eigenvalue weighted by Crippen LogP contribution is 2.24. The lowest BCUT2D eigenvalue weighted by Crippen LogP contribution is -2.49. The summed E-state index contributed by atoms with van der Waals surface area (Å²) in [5.74, 6) is 0.385. The van der Waals surface area contributed by atoms with Crippen LogP contribution in [0.2, 0.25) is 0 Å². The van der Waals surface area contributed by atoms with E-state index in [2.05, 4.69) is 9.97 Å². The summed E-state index contributed by atoms with van der Waals surface area (Å²) >= 11 is 0. The summed E-state index contributed by atoms with van der Waals surface area (Å²) in [5.41, 5.74) is 0.705. The molecule has 0 unspecified atom stereocenters. The van der Waals surface area contributed by atoms with E-state index in [1.165, 1.54) is 25.6 Å². The molecule has 0 spiro atoms. The molecule has 1 aliphatic rings. The van der Waals surface area contributed by atoms with Gasteiger partial charge in [-0.3, -0.25) is 0 Å². The molecule has 7 heteroatoms. The quantitative estimate of drug-likeness (QED) is 0.799. The zero-order valence-corrected chi connectivity index (χ0v) is 11.6. The summed E-state index contributed by atoms with van der Waals surface area (Å²) in [6, 6.07) is 4.46. The molecule has 3 rings (SSSR count). The van der Waals surface area contributed by atoms with Crippen LogP contribution in [0.3, 0.4) is 0 Å². The van der Waals surface area contributed by atoms with Crippen LogP contribution in [0.1, 0.15) is 0 Å². The Bertz CT molecular complexity index is 671. The highest BCUT2D eigenvalue weighted by molar-refractivity contribution is 5.89. The van der Waals surface area contributed by atoms with Crippen molar-refractivity contribution in [1.82, 2.24) is 14.9 Å². The van der Waals surface area contributed by atoms with Gasteiger partial charge < -0.3 is 14.5 Å². The Labute approximate surface area is 121 Å². The first-order chi connectivity index (χ1) is 10.2. The molecular formula is C14H15FN4O2. The van der Waals surface area contributed by atoms with Gasteiger partial charge in [0.15, 0.2) is 0 Å². The van der Waals surface area contributed by atoms with Gasteiger partial charge in [0.05, 0.1) is 12.6 Å². The fourth-order valence-corrected chi connectivity index (χ4v) is 2.50. The van der Waals surface area contributed by atoms with Crippen LogP contribution in [0.25, 0.3) is 10.9 Å². The molecule has 6 nitrogen and oxygen atoms in total. The van der Waals surface area contributed by atoms with Gasteiger partial charge in [-0.1, -0.05) is 0 Å². The zero-order valence-electron chi connectivity index (χ0n) is 11.6. The molecule has 0 N–H and O–H groups in total. The number of amides is 1. The molecule has 0 atom stereocenters. The van der Waals surface area contributed by atoms with Crippen LogP contribution in [0.4, 0.5) is 15.0 Å². The topological polar surface area (TPSA) is 58.6 Å². The number of carbonyl (C=O) groups is 1. The molecule has 1 saturated heterocycles. The number of carbonyl (C=O) groups excluding carboxylic acids is 1. The summed E-state index contributed by atoms with van der Waals surface area (Å²) in [5, 5.41) is 0.684. The lowest BCUT2D eigenvalue weighted by atomic mass is 10.2. The second kappa shape index (κ2) is 5.51. The zero-order chi connectivity index (χ0) is 14.8. The molecule has 0 aliphatic carbocycles. The third-order valence-corrected chi connectivity index (χ3v) is 3.59. The average Bonchev–Trinajstić information content (AvgIpc) is 2.53. The van der Waals surface area contributed by atoms with Gasteiger partial charge in [-0.2, -0.15) is 0 Å². The normalized spacial score (nSPS) is 15.3. The van der Waals surface area contributed by atoms with Crippen molar-refractivity contribution in [2.24, 2.45) is 0 Å². The summed E-state index contributed by atoms with van der Waals surface area (Å²) in [7, 11) is 1.37. The van der Waals surface area contributed by atoms with Crippen LogP contribution in [0, 0.1) is 5.82 Å². The first kappa shape index (κ1) is 13.5. The number of nitrogens with zero attached hydrogens (tertiary/aromatic N) is 4. The Morgan fingerprint density at radius 3 is 2.71 bits per heavy atom. The predicted molar refractivity (Wildman–Crippen MR) is 75.7 cm³/mol. The monoisotopic (exact) mass is 290 g/mol. The first-order valence-electron chi connectivity index (χ1n) is 6.67. The number of fused-ring (bicyclic) bond motifs is 1. The Balaban J connectivity index is 1.85. The van der Waals surface area contributed by atoms with Crippen LogP contribution < -0.4 is 4.90 Å². The third kappa shape index (κ3) is 2.58. The molecule has 0 saturated carbocycles. The van der Waals surface area contributed by atoms with Crippen LogP contribution in [0.15, 0.2) is 24.5 Å². The highest BCUT2D eigenvalue weighted by Gasteiger charge is 2.23. The van der Waals surface area contributed by atoms with Crippen molar-refractivity contribution < 1.29 is 13.9 Å². The molecule has 2 aromatic rings. The van der Waals surface area contributed by atoms with Crippen LogP contribution in [0.5, 0.6) is 0 Å². The smallest absolute Gasteiger partial charge is 0.409 e. The maximum absolute atomic E-state index is 13.5. The number of ether oxygens (including phenoxy) is 1. The fraction of sp³-hybridized carbons (Fsp3) is 0.357. The van der Waals surface area contributed by atoms with Crippen LogP contribution in [-0.2, 0) is 4.74 Å². The van der Waals surface area contributed by atoms with E-state index in [1.807, 2.05) is 4.90 Å². The van der Waals surface area contributed by atoms with Crippen molar-refractivity contribution in [2.45, 2.75) is 0 Å². The number of piperazine rings is 1. The minimum absolute atomic E-state index is 0.313. The fourth-order valence-electron chi connectivity index (χ4n) is 2.50. The minimum Gasteiger partial charge on any atom is -0.453 e. The number of halogens is 1. The van der Waals surface area contributed by atoms with E-state index in [1.54, 1.807) is 11.0 Å². The summed E-state index contributed by atoms with van der Waals surface area (Å²) < 4.78 is 18.2. The van der Waals surface area contributed by atoms with E-state index in [4.69, 9.17) is 4.74 Å². The second-order valence-corrected chi connectivity index (χ2v) is 4.80. The van der Waals surface area contributed by atoms with Crippen LogP contribution in [-0.4, -0.2) is 54.2 Å². The van der Waals surface area contributed by atoms with Crippen LogP contribution >= 0.6 is 0 Å². The van der Waals surface area contributed by atoms with Gasteiger partial charge >= 0.3 is 6.09 Å². The molecule has 1 amide bonds. The number of hydrogen-bond acceptors (Lipinski definition) is 5. The van der Waals surface area contributed by atoms with Crippen molar-refractivity contribution in [3.8, 4) is 0 Å². The van der Waals surface area contributed by atoms with E-state index >= 15 is 0 Å². The van der Waals surface area contributed by atoms with Crippen molar-refractivity contribution in [3.05, 3.63) is 30.3 Å². The predicted octanol–water partition coefficient (Wildman–Crippen LogP) is 1.66. The SMILES string of the molecule is COC(=O)N1CCN(c2ncnc3ccc(F)cc23)CC1. The molecule has 1 aliphatic heterocycles. The van der Waals surface area contributed by atoms with Crippen molar-refractivity contribution in [2.75, 3.05) is 38.2 Å². The first-order valence-corrected chi connectivity index (χ1v) is 6.67. The van der Waals surface area contributed by atoms with Gasteiger partial charge in [0, 0.05) is 31.6 Å². The van der Waals surface area contributed by atoms with Crippen molar-refractivity contribution >= 4 is 22.8 Å². The van der Waals surface area contributed by atoms with Gasteiger partial charge in [0.1, 0.15) is 18.0 Å². The van der Waals surface area contributed by atoms with Gasteiger partial charge in [0.25, 0.3) is 0 Å². The highest BCUT2D eigenvalue weighted by atomic mass is 19.1. The number of aromatic nitrogens is 2. The maximum Gasteiger partial charge on any atom is 0.409 e. The summed E-state index contributed by atoms with van der Waals surface area (Å²) in [6.45, 7) is 2.34. The number of hydrogen-bond donors (Lipinski definition) is 0. The van der Waals surface area contributed by atoms with E-state index in [0.717, 1.165) is 0 Å². The van der Waals surface area contributed by atoms with E-state index in [0.29, 0.717) is 42.9 Å². The molecule has 21 heavy (non-hydrogen) atoms. The van der Waals surface area contributed by atoms with Gasteiger partial charge in [-0.15, -0.1) is 0 Å². The molecule has 1 fully saturated rings. The summed E-state index contributed by atoms with van der Waals surface area (Å²) in [4.78, 5) is 23.6. The van der Waals surface area contributed by atoms with Gasteiger partial charge in [0.2, 0.25) is 0 Å². The maximum atomic E-state index is 13.5. The molecule has 2 heterocycles.